The number of ether oxygens (including phenoxy) is 2. The van der Waals surface area contributed by atoms with Gasteiger partial charge in [-0.15, -0.1) is 11.3 Å². The number of H-pyrrole nitrogens is 2. The van der Waals surface area contributed by atoms with Crippen LogP contribution < -0.4 is 15.4 Å². The minimum atomic E-state index is -0.982. The number of hydrogen-bond acceptors (Lipinski definition) is 12. The summed E-state index contributed by atoms with van der Waals surface area (Å²) in [4.78, 5) is 55.4. The van der Waals surface area contributed by atoms with Gasteiger partial charge in [-0.1, -0.05) is 35.9 Å². The maximum atomic E-state index is 13.6. The molecule has 15 nitrogen and oxygen atoms in total. The van der Waals surface area contributed by atoms with Crippen LogP contribution in [0.1, 0.15) is 38.1 Å². The summed E-state index contributed by atoms with van der Waals surface area (Å²) in [5.41, 5.74) is 6.94. The molecule has 61 heavy (non-hydrogen) atoms. The van der Waals surface area contributed by atoms with Crippen molar-refractivity contribution in [1.29, 1.82) is 0 Å². The van der Waals surface area contributed by atoms with Gasteiger partial charge in [-0.3, -0.25) is 24.8 Å². The molecule has 4 aromatic heterocycles. The molecular formula is C44H38ClN9O6S. The second kappa shape index (κ2) is 17.6. The van der Waals surface area contributed by atoms with Crippen LogP contribution in [-0.2, 0) is 11.3 Å². The fourth-order valence-electron chi connectivity index (χ4n) is 7.18. The Bertz CT molecular complexity index is 2860. The third-order valence-corrected chi connectivity index (χ3v) is 11.2. The summed E-state index contributed by atoms with van der Waals surface area (Å²) >= 11 is 7.56. The van der Waals surface area contributed by atoms with E-state index in [-0.39, 0.29) is 24.5 Å². The highest BCUT2D eigenvalue weighted by Gasteiger charge is 2.30. The van der Waals surface area contributed by atoms with Crippen molar-refractivity contribution in [3.63, 3.8) is 0 Å². The van der Waals surface area contributed by atoms with Gasteiger partial charge in [0.2, 0.25) is 0 Å². The molecule has 0 radical (unpaired) electrons. The Morgan fingerprint density at radius 3 is 2.38 bits per heavy atom. The van der Waals surface area contributed by atoms with Gasteiger partial charge in [-0.25, -0.2) is 15.0 Å². The van der Waals surface area contributed by atoms with Crippen LogP contribution in [0, 0.1) is 0 Å². The van der Waals surface area contributed by atoms with E-state index in [9.17, 15) is 14.7 Å². The average molecular weight is 856 g/mol. The van der Waals surface area contributed by atoms with Crippen molar-refractivity contribution in [3.05, 3.63) is 136 Å². The predicted molar refractivity (Wildman–Crippen MR) is 233 cm³/mol. The Morgan fingerprint density at radius 1 is 0.902 bits per heavy atom. The number of fused-ring (bicyclic) bond motifs is 2. The van der Waals surface area contributed by atoms with Crippen molar-refractivity contribution in [2.75, 3.05) is 43.6 Å². The molecule has 0 bridgehead atoms. The molecule has 1 aliphatic rings. The molecular weight excluding hydrogens is 818 g/mol. The topological polar surface area (TPSA) is 204 Å². The maximum Gasteiger partial charge on any atom is 0.259 e. The minimum Gasteiger partial charge on any atom is -0.491 e. The van der Waals surface area contributed by atoms with Crippen molar-refractivity contribution >= 4 is 67.6 Å². The molecule has 6 N–H and O–H groups in total. The van der Waals surface area contributed by atoms with Crippen molar-refractivity contribution in [1.82, 2.24) is 34.8 Å². The third kappa shape index (κ3) is 8.72. The molecule has 0 spiro atoms. The number of aromatic nitrogens is 6. The first-order valence-corrected chi connectivity index (χ1v) is 20.6. The Morgan fingerprint density at radius 2 is 1.62 bits per heavy atom. The maximum absolute atomic E-state index is 13.6. The van der Waals surface area contributed by atoms with Gasteiger partial charge < -0.3 is 35.0 Å². The summed E-state index contributed by atoms with van der Waals surface area (Å²) in [7, 11) is 0. The molecule has 4 aromatic carbocycles. The summed E-state index contributed by atoms with van der Waals surface area (Å²) in [6.07, 6.45) is 0.761. The molecule has 0 aliphatic carbocycles. The number of imidazole rings is 2. The number of pyridine rings is 1. The van der Waals surface area contributed by atoms with Crippen LogP contribution in [0.25, 0.3) is 44.8 Å². The van der Waals surface area contributed by atoms with E-state index in [2.05, 4.69) is 25.5 Å². The normalized spacial score (nSPS) is 14.9. The van der Waals surface area contributed by atoms with E-state index in [1.807, 2.05) is 53.9 Å². The van der Waals surface area contributed by atoms with Gasteiger partial charge in [0.1, 0.15) is 41.1 Å². The number of halogens is 1. The predicted octanol–water partition coefficient (Wildman–Crippen LogP) is 7.09. The third-order valence-electron chi connectivity index (χ3n) is 10.2. The lowest BCUT2D eigenvalue weighted by atomic mass is 10.0. The highest BCUT2D eigenvalue weighted by molar-refractivity contribution is 7.14. The standard InChI is InChI=1S/C44H38ClN9O6S/c45-26-6-1-5-25(19-26)40-49-34-10-3-8-33(37(34)51-40)43(58)53-44-48-28(24-61-44)20-54-17-18-59-23-36(54)39-31(9-4-16-46-39)41-50-35-11-2-7-32(38(35)52-41)42(57)47-27-12-14-30(15-13-27)60-22-29(56)21-55/h1-16,19,24,29,36,55-56H,17-18,20-23H2,(H,47,57)(H,49,51)(H,50,52)(H,48,53,58)/t29-,36?/m1/s1. The molecule has 9 rings (SSSR count). The number of amides is 2. The van der Waals surface area contributed by atoms with Crippen LogP contribution in [0.4, 0.5) is 10.8 Å². The SMILES string of the molecule is O=C(Nc1nc(CN2CCOCC2c2ncccc2-c2nc3c(C(=O)Nc4ccc(OC[C@H](O)CO)cc4)cccc3[nH]2)cs1)c1cccc2[nH]c(-c3cccc(Cl)c3)nc12. The second-order valence-corrected chi connectivity index (χ2v) is 15.6. The molecule has 0 saturated carbocycles. The fraction of sp³-hybridized carbons (Fsp3) is 0.182. The number of para-hydroxylation sites is 2. The molecule has 1 saturated heterocycles. The Labute approximate surface area is 357 Å². The van der Waals surface area contributed by atoms with Crippen LogP contribution in [-0.4, -0.2) is 95.9 Å². The first kappa shape index (κ1) is 39.9. The van der Waals surface area contributed by atoms with Crippen LogP contribution in [0.3, 0.4) is 0 Å². The zero-order chi connectivity index (χ0) is 41.9. The molecule has 1 fully saturated rings. The van der Waals surface area contributed by atoms with Crippen molar-refractivity contribution in [2.24, 2.45) is 0 Å². The van der Waals surface area contributed by atoms with E-state index in [1.165, 1.54) is 11.3 Å². The number of carbonyl (C=O) groups is 2. The van der Waals surface area contributed by atoms with E-state index < -0.39 is 12.7 Å². The Hall–Kier alpha value is -6.53. The number of benzene rings is 4. The first-order valence-electron chi connectivity index (χ1n) is 19.4. The first-order chi connectivity index (χ1) is 29.8. The number of aliphatic hydroxyl groups excluding tert-OH is 2. The molecule has 1 aliphatic heterocycles. The van der Waals surface area contributed by atoms with Crippen LogP contribution in [0.5, 0.6) is 5.75 Å². The van der Waals surface area contributed by atoms with Gasteiger partial charge in [-0.05, 0) is 72.8 Å². The quantitative estimate of drug-likeness (QED) is 0.0691. The molecule has 8 aromatic rings. The number of nitrogens with one attached hydrogen (secondary N) is 4. The fourth-order valence-corrected chi connectivity index (χ4v) is 8.07. The number of morpholine rings is 1. The van der Waals surface area contributed by atoms with Gasteiger partial charge in [-0.2, -0.15) is 0 Å². The lowest BCUT2D eigenvalue weighted by Crippen LogP contribution is -2.39. The number of carbonyl (C=O) groups excluding carboxylic acids is 2. The summed E-state index contributed by atoms with van der Waals surface area (Å²) in [6, 6.07) is 28.5. The zero-order valence-corrected chi connectivity index (χ0v) is 33.9. The molecule has 308 valence electrons. The molecule has 17 heteroatoms. The highest BCUT2D eigenvalue weighted by Crippen LogP contribution is 2.34. The summed E-state index contributed by atoms with van der Waals surface area (Å²) in [5.74, 6) is 1.00. The molecule has 1 unspecified atom stereocenters. The monoisotopic (exact) mass is 855 g/mol. The molecule has 5 heterocycles. The van der Waals surface area contributed by atoms with Crippen molar-refractivity contribution in [3.8, 4) is 28.5 Å². The van der Waals surface area contributed by atoms with E-state index in [0.29, 0.717) is 87.2 Å². The van der Waals surface area contributed by atoms with Gasteiger partial charge >= 0.3 is 0 Å². The van der Waals surface area contributed by atoms with Crippen LogP contribution in [0.2, 0.25) is 5.02 Å². The summed E-state index contributed by atoms with van der Waals surface area (Å²) in [6.45, 7) is 1.58. The minimum absolute atomic E-state index is 0.0512. The smallest absolute Gasteiger partial charge is 0.259 e. The summed E-state index contributed by atoms with van der Waals surface area (Å²) < 4.78 is 11.5. The van der Waals surface area contributed by atoms with Crippen molar-refractivity contribution in [2.45, 2.75) is 18.7 Å². The number of anilines is 2. The van der Waals surface area contributed by atoms with Gasteiger partial charge in [0.05, 0.1) is 59.4 Å². The number of thiazole rings is 1. The second-order valence-electron chi connectivity index (χ2n) is 14.3. The van der Waals surface area contributed by atoms with Crippen LogP contribution in [0.15, 0.2) is 109 Å². The number of aliphatic hydroxyl groups is 2. The number of nitrogens with zero attached hydrogens (tertiary/aromatic N) is 5. The van der Waals surface area contributed by atoms with Gasteiger partial charge in [0.15, 0.2) is 5.13 Å². The number of rotatable bonds is 13. The van der Waals surface area contributed by atoms with Crippen LogP contribution >= 0.6 is 22.9 Å². The van der Waals surface area contributed by atoms with E-state index in [1.54, 1.807) is 54.7 Å². The average Bonchev–Trinajstić information content (AvgIpc) is 4.05. The summed E-state index contributed by atoms with van der Waals surface area (Å²) in [5, 5.41) is 27.5. The van der Waals surface area contributed by atoms with Crippen molar-refractivity contribution < 1.29 is 29.3 Å². The number of aromatic amines is 2. The Kier molecular flexibility index (Phi) is 11.5. The van der Waals surface area contributed by atoms with E-state index in [4.69, 9.17) is 46.1 Å². The lowest BCUT2D eigenvalue weighted by Gasteiger charge is -2.35. The lowest BCUT2D eigenvalue weighted by molar-refractivity contribution is -0.0145. The van der Waals surface area contributed by atoms with E-state index >= 15 is 0 Å². The van der Waals surface area contributed by atoms with Gasteiger partial charge in [0.25, 0.3) is 11.8 Å². The van der Waals surface area contributed by atoms with Gasteiger partial charge in [0, 0.05) is 46.5 Å². The number of hydrogen-bond donors (Lipinski definition) is 6. The zero-order valence-electron chi connectivity index (χ0n) is 32.3. The molecule has 2 atom stereocenters. The van der Waals surface area contributed by atoms with E-state index in [0.717, 1.165) is 28.0 Å². The Balaban J connectivity index is 0.903. The highest BCUT2D eigenvalue weighted by atomic mass is 35.5. The molecule has 2 amide bonds. The largest absolute Gasteiger partial charge is 0.491 e.